The number of nitrogen functional groups attached to an aromatic ring is 3. The lowest BCUT2D eigenvalue weighted by Crippen LogP contribution is -2.10. The van der Waals surface area contributed by atoms with Crippen molar-refractivity contribution in [2.75, 3.05) is 0 Å². The van der Waals surface area contributed by atoms with Crippen molar-refractivity contribution < 1.29 is 14.2 Å². The zero-order chi connectivity index (χ0) is 33.8. The molecule has 9 heteroatoms. The number of rotatable bonds is 12. The molecule has 9 nitrogen and oxygen atoms in total. The van der Waals surface area contributed by atoms with E-state index in [9.17, 15) is 0 Å². The molecule has 4 rings (SSSR count). The Morgan fingerprint density at radius 3 is 0.800 bits per heavy atom. The number of nitrogens with one attached hydrogen (secondary N) is 3. The fraction of sp³-hybridized carbons (Fsp3) is 0.250. The molecule has 4 aromatic rings. The lowest BCUT2D eigenvalue weighted by molar-refractivity contribution is 0.293. The summed E-state index contributed by atoms with van der Waals surface area (Å²) < 4.78 is 17.9. The summed E-state index contributed by atoms with van der Waals surface area (Å²) in [6.45, 7) is 13.0. The van der Waals surface area contributed by atoms with Crippen LogP contribution in [0.4, 0.5) is 0 Å². The van der Waals surface area contributed by atoms with Gasteiger partial charge in [0, 0.05) is 16.7 Å². The molecule has 0 bridgehead atoms. The molecule has 0 aliphatic heterocycles. The fourth-order valence-corrected chi connectivity index (χ4v) is 3.78. The second kappa shape index (κ2) is 20.6. The van der Waals surface area contributed by atoms with E-state index < -0.39 is 0 Å². The minimum Gasteiger partial charge on any atom is -0.489 e. The molecule has 4 aromatic carbocycles. The standard InChI is InChI=1S/C30H30N6O3.3C2H6/c31-28(32)22-1-7-25(8-2-22)37-16-19-13-20(17-38-26-9-3-23(4-10-26)29(33)34)15-21(14-19)18-39-27-11-5-24(6-12-27)30(35)36;3*1-2/h1-15H,16-18H2,(H3,31,32)(H3,33,34)(H3,35,36);3*1-2H3. The Hall–Kier alpha value is -5.31. The second-order valence-electron chi connectivity index (χ2n) is 8.84. The molecule has 0 unspecified atom stereocenters. The van der Waals surface area contributed by atoms with Gasteiger partial charge in [0.2, 0.25) is 0 Å². The molecule has 0 saturated heterocycles. The molecule has 0 radical (unpaired) electrons. The zero-order valence-corrected chi connectivity index (χ0v) is 27.2. The molecule has 0 fully saturated rings. The van der Waals surface area contributed by atoms with E-state index in [4.69, 9.17) is 47.6 Å². The van der Waals surface area contributed by atoms with Crippen molar-refractivity contribution in [3.63, 3.8) is 0 Å². The minimum absolute atomic E-state index is 0.00533. The highest BCUT2D eigenvalue weighted by Crippen LogP contribution is 2.21. The highest BCUT2D eigenvalue weighted by atomic mass is 16.5. The molecule has 0 aliphatic rings. The number of benzene rings is 4. The van der Waals surface area contributed by atoms with Crippen LogP contribution in [0.2, 0.25) is 0 Å². The molecule has 0 heterocycles. The van der Waals surface area contributed by atoms with E-state index in [1.807, 2.05) is 59.7 Å². The van der Waals surface area contributed by atoms with Gasteiger partial charge in [-0.3, -0.25) is 16.2 Å². The number of hydrogen-bond acceptors (Lipinski definition) is 6. The average Bonchev–Trinajstić information content (AvgIpc) is 3.08. The Morgan fingerprint density at radius 1 is 0.422 bits per heavy atom. The van der Waals surface area contributed by atoms with Crippen LogP contribution in [0, 0.1) is 16.2 Å². The summed E-state index contributed by atoms with van der Waals surface area (Å²) in [6.07, 6.45) is 0. The molecular weight excluding hydrogens is 564 g/mol. The highest BCUT2D eigenvalue weighted by molar-refractivity contribution is 5.95. The SMILES string of the molecule is CC.CC.CC.N=C(N)c1ccc(OCc2cc(COc3ccc(C(=N)N)cc3)cc(COc3ccc(C(=N)N)cc3)c2)cc1. The summed E-state index contributed by atoms with van der Waals surface area (Å²) in [5.74, 6) is 2.00. The Balaban J connectivity index is 0.00000159. The van der Waals surface area contributed by atoms with E-state index in [1.165, 1.54) is 0 Å². The quantitative estimate of drug-likeness (QED) is 0.0719. The van der Waals surface area contributed by atoms with Crippen LogP contribution in [0.3, 0.4) is 0 Å². The Morgan fingerprint density at radius 2 is 0.622 bits per heavy atom. The first kappa shape index (κ1) is 37.7. The lowest BCUT2D eigenvalue weighted by atomic mass is 10.1. The van der Waals surface area contributed by atoms with Crippen LogP contribution >= 0.6 is 0 Å². The van der Waals surface area contributed by atoms with Gasteiger partial charge < -0.3 is 31.4 Å². The summed E-state index contributed by atoms with van der Waals surface area (Å²) in [5, 5.41) is 22.6. The minimum atomic E-state index is 0.00533. The molecule has 9 N–H and O–H groups in total. The predicted molar refractivity (Wildman–Crippen MR) is 186 cm³/mol. The summed E-state index contributed by atoms with van der Waals surface area (Å²) in [4.78, 5) is 0. The maximum Gasteiger partial charge on any atom is 0.122 e. The van der Waals surface area contributed by atoms with Gasteiger partial charge >= 0.3 is 0 Å². The smallest absolute Gasteiger partial charge is 0.122 e. The van der Waals surface area contributed by atoms with E-state index in [-0.39, 0.29) is 17.5 Å². The Bertz CT molecular complexity index is 1280. The van der Waals surface area contributed by atoms with Crippen molar-refractivity contribution in [2.45, 2.75) is 61.4 Å². The molecule has 0 atom stereocenters. The lowest BCUT2D eigenvalue weighted by Gasteiger charge is -2.14. The number of hydrogen-bond donors (Lipinski definition) is 6. The maximum absolute atomic E-state index is 7.53. The van der Waals surface area contributed by atoms with Crippen molar-refractivity contribution in [3.05, 3.63) is 124 Å². The van der Waals surface area contributed by atoms with Crippen molar-refractivity contribution >= 4 is 17.5 Å². The van der Waals surface area contributed by atoms with Crippen LogP contribution < -0.4 is 31.4 Å². The third-order valence-corrected chi connectivity index (χ3v) is 5.82. The van der Waals surface area contributed by atoms with Gasteiger partial charge in [-0.1, -0.05) is 41.5 Å². The summed E-state index contributed by atoms with van der Waals surface area (Å²) in [5.41, 5.74) is 21.3. The van der Waals surface area contributed by atoms with Gasteiger partial charge in [-0.15, -0.1) is 0 Å². The van der Waals surface area contributed by atoms with Crippen LogP contribution in [0.5, 0.6) is 17.2 Å². The van der Waals surface area contributed by atoms with Crippen molar-refractivity contribution in [2.24, 2.45) is 17.2 Å². The molecular formula is C36H48N6O3. The van der Waals surface area contributed by atoms with Crippen molar-refractivity contribution in [1.29, 1.82) is 16.2 Å². The molecule has 45 heavy (non-hydrogen) atoms. The number of nitrogens with two attached hydrogens (primary N) is 3. The van der Waals surface area contributed by atoms with E-state index in [0.717, 1.165) is 16.7 Å². The van der Waals surface area contributed by atoms with Gasteiger partial charge in [-0.25, -0.2) is 0 Å². The number of amidine groups is 3. The molecule has 0 saturated carbocycles. The van der Waals surface area contributed by atoms with Crippen LogP contribution in [0.25, 0.3) is 0 Å². The van der Waals surface area contributed by atoms with Gasteiger partial charge in [-0.2, -0.15) is 0 Å². The summed E-state index contributed by atoms with van der Waals surface area (Å²) in [6, 6.07) is 27.2. The normalized spacial score (nSPS) is 9.47. The van der Waals surface area contributed by atoms with Crippen LogP contribution in [-0.2, 0) is 19.8 Å². The van der Waals surface area contributed by atoms with Gasteiger partial charge in [0.1, 0.15) is 54.6 Å². The van der Waals surface area contributed by atoms with Crippen LogP contribution in [0.1, 0.15) is 74.9 Å². The van der Waals surface area contributed by atoms with Crippen molar-refractivity contribution in [3.8, 4) is 17.2 Å². The topological polar surface area (TPSA) is 177 Å². The highest BCUT2D eigenvalue weighted by Gasteiger charge is 2.07. The van der Waals surface area contributed by atoms with Crippen molar-refractivity contribution in [1.82, 2.24) is 0 Å². The van der Waals surface area contributed by atoms with Crippen LogP contribution in [-0.4, -0.2) is 17.5 Å². The van der Waals surface area contributed by atoms with E-state index >= 15 is 0 Å². The summed E-state index contributed by atoms with van der Waals surface area (Å²) >= 11 is 0. The van der Waals surface area contributed by atoms with E-state index in [0.29, 0.717) is 53.8 Å². The average molecular weight is 613 g/mol. The third kappa shape index (κ3) is 12.8. The fourth-order valence-electron chi connectivity index (χ4n) is 3.78. The van der Waals surface area contributed by atoms with Gasteiger partial charge in [-0.05, 0) is 108 Å². The molecule has 240 valence electrons. The molecule has 0 aliphatic carbocycles. The molecule has 0 spiro atoms. The maximum atomic E-state index is 7.53. The predicted octanol–water partition coefficient (Wildman–Crippen LogP) is 7.35. The first-order valence-electron chi connectivity index (χ1n) is 15.1. The first-order valence-corrected chi connectivity index (χ1v) is 15.1. The van der Waals surface area contributed by atoms with E-state index in [1.54, 1.807) is 72.8 Å². The largest absolute Gasteiger partial charge is 0.489 e. The second-order valence-corrected chi connectivity index (χ2v) is 8.84. The van der Waals surface area contributed by atoms with Gasteiger partial charge in [0.15, 0.2) is 0 Å². The molecule has 0 amide bonds. The van der Waals surface area contributed by atoms with E-state index in [2.05, 4.69) is 0 Å². The molecule has 0 aromatic heterocycles. The zero-order valence-electron chi connectivity index (χ0n) is 27.2. The van der Waals surface area contributed by atoms with Gasteiger partial charge in [0.25, 0.3) is 0 Å². The monoisotopic (exact) mass is 612 g/mol. The Kier molecular flexibility index (Phi) is 17.2. The summed E-state index contributed by atoms with van der Waals surface area (Å²) in [7, 11) is 0. The van der Waals surface area contributed by atoms with Crippen LogP contribution in [0.15, 0.2) is 91.0 Å². The number of ether oxygens (including phenoxy) is 3. The van der Waals surface area contributed by atoms with Gasteiger partial charge in [0.05, 0.1) is 0 Å². The third-order valence-electron chi connectivity index (χ3n) is 5.82. The Labute approximate surface area is 267 Å². The first-order chi connectivity index (χ1) is 21.8.